The molecule has 3 N–H and O–H groups in total. The molecule has 0 saturated heterocycles. The Morgan fingerprint density at radius 1 is 1.33 bits per heavy atom. The van der Waals surface area contributed by atoms with Gasteiger partial charge in [0.25, 0.3) is 0 Å². The molecule has 0 radical (unpaired) electrons. The predicted octanol–water partition coefficient (Wildman–Crippen LogP) is 0.876. The lowest BCUT2D eigenvalue weighted by atomic mass is 10.0. The van der Waals surface area contributed by atoms with Crippen LogP contribution in [-0.2, 0) is 14.6 Å². The number of carboxylic acid groups (broad SMARTS) is 1. The van der Waals surface area contributed by atoms with Crippen molar-refractivity contribution >= 4 is 21.8 Å². The van der Waals surface area contributed by atoms with Crippen molar-refractivity contribution in [1.82, 2.24) is 10.6 Å². The van der Waals surface area contributed by atoms with Crippen LogP contribution < -0.4 is 10.6 Å². The van der Waals surface area contributed by atoms with Crippen molar-refractivity contribution in [1.29, 1.82) is 0 Å². The van der Waals surface area contributed by atoms with Gasteiger partial charge in [0.15, 0.2) is 9.84 Å². The number of aliphatic carboxylic acids is 1. The second-order valence-electron chi connectivity index (χ2n) is 5.45. The molecule has 0 saturated carbocycles. The first-order valence-electron chi connectivity index (χ1n) is 6.90. The molecule has 120 valence electrons. The first-order valence-corrected chi connectivity index (χ1v) is 8.62. The SMILES string of the molecule is CC(CCCC(C)C(=O)O)NC(=O)NC1C=CS(=O)(=O)C1. The monoisotopic (exact) mass is 318 g/mol. The maximum Gasteiger partial charge on any atom is 0.315 e. The molecule has 0 fully saturated rings. The minimum atomic E-state index is -3.18. The average Bonchev–Trinajstić information content (AvgIpc) is 2.67. The number of rotatable bonds is 7. The van der Waals surface area contributed by atoms with Gasteiger partial charge in [-0.05, 0) is 25.8 Å². The van der Waals surface area contributed by atoms with E-state index in [1.54, 1.807) is 6.92 Å². The van der Waals surface area contributed by atoms with Crippen molar-refractivity contribution in [3.63, 3.8) is 0 Å². The Kier molecular flexibility index (Phi) is 6.19. The second-order valence-corrected chi connectivity index (χ2v) is 7.38. The van der Waals surface area contributed by atoms with Gasteiger partial charge in [0.2, 0.25) is 0 Å². The summed E-state index contributed by atoms with van der Waals surface area (Å²) in [6.45, 7) is 3.48. The van der Waals surface area contributed by atoms with Gasteiger partial charge in [-0.25, -0.2) is 13.2 Å². The lowest BCUT2D eigenvalue weighted by Gasteiger charge is -2.17. The van der Waals surface area contributed by atoms with Crippen LogP contribution in [0.4, 0.5) is 4.79 Å². The summed E-state index contributed by atoms with van der Waals surface area (Å²) in [5.74, 6) is -1.31. The van der Waals surface area contributed by atoms with Crippen molar-refractivity contribution in [2.24, 2.45) is 5.92 Å². The van der Waals surface area contributed by atoms with E-state index < -0.39 is 27.9 Å². The molecular weight excluding hydrogens is 296 g/mol. The Morgan fingerprint density at radius 3 is 2.52 bits per heavy atom. The molecule has 1 rings (SSSR count). The molecule has 21 heavy (non-hydrogen) atoms. The van der Waals surface area contributed by atoms with Crippen molar-refractivity contribution in [3.8, 4) is 0 Å². The van der Waals surface area contributed by atoms with Gasteiger partial charge in [-0.1, -0.05) is 13.3 Å². The number of carbonyl (C=O) groups excluding carboxylic acids is 1. The van der Waals surface area contributed by atoms with Crippen LogP contribution >= 0.6 is 0 Å². The van der Waals surface area contributed by atoms with Crippen molar-refractivity contribution < 1.29 is 23.1 Å². The van der Waals surface area contributed by atoms with Gasteiger partial charge in [-0.15, -0.1) is 0 Å². The summed E-state index contributed by atoms with van der Waals surface area (Å²) in [6, 6.07) is -1.01. The summed E-state index contributed by atoms with van der Waals surface area (Å²) in [5.41, 5.74) is 0. The smallest absolute Gasteiger partial charge is 0.315 e. The Labute approximate surface area is 124 Å². The number of sulfone groups is 1. The maximum atomic E-state index is 11.7. The van der Waals surface area contributed by atoms with Gasteiger partial charge in [0.05, 0.1) is 17.7 Å². The first kappa shape index (κ1) is 17.5. The third-order valence-electron chi connectivity index (χ3n) is 3.32. The summed E-state index contributed by atoms with van der Waals surface area (Å²) in [6.07, 6.45) is 3.39. The Bertz CT molecular complexity index is 515. The van der Waals surface area contributed by atoms with Crippen molar-refractivity contribution in [2.75, 3.05) is 5.75 Å². The zero-order valence-corrected chi connectivity index (χ0v) is 13.0. The normalized spacial score (nSPS) is 22.5. The topological polar surface area (TPSA) is 113 Å². The molecule has 0 spiro atoms. The van der Waals surface area contributed by atoms with Crippen LogP contribution in [0.3, 0.4) is 0 Å². The molecule has 3 atom stereocenters. The van der Waals surface area contributed by atoms with Gasteiger partial charge in [0.1, 0.15) is 0 Å². The molecule has 0 bridgehead atoms. The molecule has 2 amide bonds. The van der Waals surface area contributed by atoms with Crippen LogP contribution in [-0.4, -0.2) is 43.4 Å². The zero-order valence-electron chi connectivity index (χ0n) is 12.2. The summed E-state index contributed by atoms with van der Waals surface area (Å²) < 4.78 is 22.4. The predicted molar refractivity (Wildman–Crippen MR) is 78.5 cm³/mol. The van der Waals surface area contributed by atoms with Crippen LogP contribution in [0.1, 0.15) is 33.1 Å². The van der Waals surface area contributed by atoms with E-state index in [0.29, 0.717) is 19.3 Å². The van der Waals surface area contributed by atoms with Crippen LogP contribution in [0.15, 0.2) is 11.5 Å². The van der Waals surface area contributed by atoms with Crippen LogP contribution in [0.25, 0.3) is 0 Å². The minimum absolute atomic E-state index is 0.104. The van der Waals surface area contributed by atoms with E-state index in [1.807, 2.05) is 6.92 Å². The zero-order chi connectivity index (χ0) is 16.0. The van der Waals surface area contributed by atoms with E-state index in [-0.39, 0.29) is 17.7 Å². The molecule has 1 aliphatic rings. The fraction of sp³-hybridized carbons (Fsp3) is 0.692. The van der Waals surface area contributed by atoms with Gasteiger partial charge < -0.3 is 15.7 Å². The molecule has 1 aliphatic heterocycles. The number of carbonyl (C=O) groups is 2. The summed E-state index contributed by atoms with van der Waals surface area (Å²) >= 11 is 0. The molecular formula is C13H22N2O5S. The molecule has 0 aromatic rings. The lowest BCUT2D eigenvalue weighted by molar-refractivity contribution is -0.141. The first-order chi connectivity index (χ1) is 9.69. The van der Waals surface area contributed by atoms with Crippen molar-refractivity contribution in [2.45, 2.75) is 45.2 Å². The number of amides is 2. The Balaban J connectivity index is 2.22. The number of hydrogen-bond acceptors (Lipinski definition) is 4. The fourth-order valence-corrected chi connectivity index (χ4v) is 3.26. The van der Waals surface area contributed by atoms with E-state index in [1.165, 1.54) is 6.08 Å². The quantitative estimate of drug-likeness (QED) is 0.645. The van der Waals surface area contributed by atoms with Crippen LogP contribution in [0.5, 0.6) is 0 Å². The third-order valence-corrected chi connectivity index (χ3v) is 4.72. The molecule has 7 nitrogen and oxygen atoms in total. The fourth-order valence-electron chi connectivity index (χ4n) is 2.03. The highest BCUT2D eigenvalue weighted by molar-refractivity contribution is 7.94. The molecule has 0 aromatic heterocycles. The van der Waals surface area contributed by atoms with E-state index >= 15 is 0 Å². The lowest BCUT2D eigenvalue weighted by Crippen LogP contribution is -2.45. The third kappa shape index (κ3) is 6.61. The van der Waals surface area contributed by atoms with Gasteiger partial charge in [-0.2, -0.15) is 0 Å². The molecule has 1 heterocycles. The van der Waals surface area contributed by atoms with Gasteiger partial charge in [0, 0.05) is 11.4 Å². The summed E-state index contributed by atoms with van der Waals surface area (Å²) in [4.78, 5) is 22.3. The second kappa shape index (κ2) is 7.44. The molecule has 8 heteroatoms. The number of nitrogens with one attached hydrogen (secondary N) is 2. The van der Waals surface area contributed by atoms with Crippen LogP contribution in [0, 0.1) is 5.92 Å². The summed E-state index contributed by atoms with van der Waals surface area (Å²) in [5, 5.41) is 15.1. The average molecular weight is 318 g/mol. The number of hydrogen-bond donors (Lipinski definition) is 3. The highest BCUT2D eigenvalue weighted by atomic mass is 32.2. The largest absolute Gasteiger partial charge is 0.481 e. The Morgan fingerprint density at radius 2 is 2.00 bits per heavy atom. The van der Waals surface area contributed by atoms with Crippen molar-refractivity contribution in [3.05, 3.63) is 11.5 Å². The maximum absolute atomic E-state index is 11.7. The highest BCUT2D eigenvalue weighted by Gasteiger charge is 2.23. The number of carboxylic acids is 1. The van der Waals surface area contributed by atoms with E-state index in [0.717, 1.165) is 5.41 Å². The number of urea groups is 1. The standard InChI is InChI=1S/C13H22N2O5S/c1-9(12(16)17)4-3-5-10(2)14-13(18)15-11-6-7-21(19,20)8-11/h6-7,9-11H,3-5,8H2,1-2H3,(H,16,17)(H2,14,15,18). The highest BCUT2D eigenvalue weighted by Crippen LogP contribution is 2.10. The van der Waals surface area contributed by atoms with Gasteiger partial charge >= 0.3 is 12.0 Å². The molecule has 0 aromatic carbocycles. The van der Waals surface area contributed by atoms with E-state index in [2.05, 4.69) is 10.6 Å². The minimum Gasteiger partial charge on any atom is -0.481 e. The molecule has 0 aliphatic carbocycles. The van der Waals surface area contributed by atoms with Crippen LogP contribution in [0.2, 0.25) is 0 Å². The van der Waals surface area contributed by atoms with Gasteiger partial charge in [-0.3, -0.25) is 4.79 Å². The summed E-state index contributed by atoms with van der Waals surface area (Å²) in [7, 11) is -3.18. The molecule has 3 unspecified atom stereocenters. The van der Waals surface area contributed by atoms with E-state index in [4.69, 9.17) is 5.11 Å². The Hall–Kier alpha value is -1.57. The van der Waals surface area contributed by atoms with E-state index in [9.17, 15) is 18.0 Å².